The van der Waals surface area contributed by atoms with Crippen molar-refractivity contribution >= 4 is 17.6 Å². The highest BCUT2D eigenvalue weighted by Gasteiger charge is 2.29. The summed E-state index contributed by atoms with van der Waals surface area (Å²) < 4.78 is 10.4. The first-order valence-electron chi connectivity index (χ1n) is 8.43. The number of halogens is 1. The lowest BCUT2D eigenvalue weighted by Gasteiger charge is -2.09. The van der Waals surface area contributed by atoms with Gasteiger partial charge in [-0.25, -0.2) is 14.8 Å². The number of carbonyl (C=O) groups excluding carboxylic acids is 1. The second-order valence-corrected chi connectivity index (χ2v) is 6.45. The number of hydrogen-bond donors (Lipinski definition) is 0. The Bertz CT molecular complexity index is 966. The molecule has 0 atom stereocenters. The van der Waals surface area contributed by atoms with E-state index in [0.717, 1.165) is 29.8 Å². The number of aromatic nitrogens is 3. The summed E-state index contributed by atoms with van der Waals surface area (Å²) in [6.45, 7) is 2.01. The van der Waals surface area contributed by atoms with Crippen LogP contribution in [0.5, 0.6) is 0 Å². The summed E-state index contributed by atoms with van der Waals surface area (Å²) in [5.74, 6) is 0.997. The van der Waals surface area contributed by atoms with Crippen LogP contribution >= 0.6 is 11.6 Å². The molecular weight excluding hydrogens is 354 g/mol. The molecule has 0 radical (unpaired) electrons. The lowest BCUT2D eigenvalue weighted by Crippen LogP contribution is -2.04. The van der Waals surface area contributed by atoms with Crippen molar-refractivity contribution in [1.82, 2.24) is 15.1 Å². The lowest BCUT2D eigenvalue weighted by molar-refractivity contribution is 0.0514. The van der Waals surface area contributed by atoms with Gasteiger partial charge in [0.1, 0.15) is 11.5 Å². The number of rotatable bonds is 5. The summed E-state index contributed by atoms with van der Waals surface area (Å²) in [5, 5.41) is 4.40. The number of carbonyl (C=O) groups is 1. The predicted molar refractivity (Wildman–Crippen MR) is 95.9 cm³/mol. The van der Waals surface area contributed by atoms with Crippen molar-refractivity contribution in [2.24, 2.45) is 0 Å². The average Bonchev–Trinajstić information content (AvgIpc) is 3.38. The van der Waals surface area contributed by atoms with E-state index in [1.165, 1.54) is 6.07 Å². The molecule has 1 fully saturated rings. The third-order valence-corrected chi connectivity index (χ3v) is 4.47. The van der Waals surface area contributed by atoms with Crippen molar-refractivity contribution in [3.63, 3.8) is 0 Å². The first kappa shape index (κ1) is 16.7. The van der Waals surface area contributed by atoms with Gasteiger partial charge in [0.25, 0.3) is 0 Å². The van der Waals surface area contributed by atoms with E-state index in [4.69, 9.17) is 20.9 Å². The van der Waals surface area contributed by atoms with Crippen LogP contribution in [0.1, 0.15) is 42.0 Å². The normalized spacial score (nSPS) is 13.6. The Morgan fingerprint density at radius 2 is 2.12 bits per heavy atom. The molecule has 2 heterocycles. The molecule has 6 nitrogen and oxygen atoms in total. The van der Waals surface area contributed by atoms with Crippen molar-refractivity contribution in [2.45, 2.75) is 25.7 Å². The molecule has 0 amide bonds. The van der Waals surface area contributed by atoms with Gasteiger partial charge in [-0.3, -0.25) is 0 Å². The average molecular weight is 370 g/mol. The van der Waals surface area contributed by atoms with Crippen LogP contribution in [0.3, 0.4) is 0 Å². The maximum absolute atomic E-state index is 11.9. The summed E-state index contributed by atoms with van der Waals surface area (Å²) in [5.41, 5.74) is 2.20. The summed E-state index contributed by atoms with van der Waals surface area (Å²) in [6, 6.07) is 8.99. The molecule has 1 aromatic carbocycles. The molecule has 0 bridgehead atoms. The van der Waals surface area contributed by atoms with Crippen LogP contribution in [0, 0.1) is 0 Å². The largest absolute Gasteiger partial charge is 0.461 e. The SMILES string of the molecule is CCOC(=O)c1cc(-c2nc(C3CC3)ncc2-c2ccccc2Cl)on1. The van der Waals surface area contributed by atoms with Crippen molar-refractivity contribution in [3.05, 3.63) is 53.1 Å². The van der Waals surface area contributed by atoms with Gasteiger partial charge >= 0.3 is 5.97 Å². The zero-order valence-corrected chi connectivity index (χ0v) is 14.9. The van der Waals surface area contributed by atoms with Gasteiger partial charge in [0.05, 0.1) is 6.61 Å². The van der Waals surface area contributed by atoms with E-state index < -0.39 is 5.97 Å². The zero-order chi connectivity index (χ0) is 18.1. The Morgan fingerprint density at radius 1 is 1.31 bits per heavy atom. The molecule has 0 aliphatic heterocycles. The van der Waals surface area contributed by atoms with Crippen molar-refractivity contribution < 1.29 is 14.1 Å². The Labute approximate surface area is 155 Å². The van der Waals surface area contributed by atoms with Gasteiger partial charge in [0, 0.05) is 34.3 Å². The van der Waals surface area contributed by atoms with Crippen LogP contribution in [0.25, 0.3) is 22.6 Å². The quantitative estimate of drug-likeness (QED) is 0.616. The summed E-state index contributed by atoms with van der Waals surface area (Å²) in [6.07, 6.45) is 3.91. The third-order valence-electron chi connectivity index (χ3n) is 4.14. The Hall–Kier alpha value is -2.73. The third kappa shape index (κ3) is 3.20. The van der Waals surface area contributed by atoms with Gasteiger partial charge in [-0.15, -0.1) is 0 Å². The molecule has 132 valence electrons. The molecule has 0 unspecified atom stereocenters. The Kier molecular flexibility index (Phi) is 4.42. The second kappa shape index (κ2) is 6.88. The highest BCUT2D eigenvalue weighted by Crippen LogP contribution is 2.41. The van der Waals surface area contributed by atoms with Crippen LogP contribution in [0.4, 0.5) is 0 Å². The van der Waals surface area contributed by atoms with Crippen LogP contribution in [0.15, 0.2) is 41.1 Å². The molecule has 7 heteroatoms. The molecule has 0 saturated heterocycles. The van der Waals surface area contributed by atoms with Gasteiger partial charge in [0.2, 0.25) is 0 Å². The van der Waals surface area contributed by atoms with Gasteiger partial charge in [-0.1, -0.05) is 35.0 Å². The molecule has 0 spiro atoms. The van der Waals surface area contributed by atoms with Crippen LogP contribution in [-0.4, -0.2) is 27.7 Å². The Morgan fingerprint density at radius 3 is 2.85 bits per heavy atom. The van der Waals surface area contributed by atoms with Crippen molar-refractivity contribution in [2.75, 3.05) is 6.61 Å². The van der Waals surface area contributed by atoms with E-state index in [1.54, 1.807) is 19.2 Å². The number of ether oxygens (including phenoxy) is 1. The van der Waals surface area contributed by atoms with Crippen LogP contribution in [0.2, 0.25) is 5.02 Å². The van der Waals surface area contributed by atoms with Gasteiger partial charge < -0.3 is 9.26 Å². The standard InChI is InChI=1S/C19H16ClN3O3/c1-2-25-19(24)15-9-16(26-23-15)17-13(12-5-3-4-6-14(12)20)10-21-18(22-17)11-7-8-11/h3-6,9-11H,2,7-8H2,1H3. The first-order chi connectivity index (χ1) is 12.7. The minimum atomic E-state index is -0.529. The Balaban J connectivity index is 1.82. The number of hydrogen-bond acceptors (Lipinski definition) is 6. The van der Waals surface area contributed by atoms with Gasteiger partial charge in [0.15, 0.2) is 11.5 Å². The fraction of sp³-hybridized carbons (Fsp3) is 0.263. The minimum Gasteiger partial charge on any atom is -0.461 e. The van der Waals surface area contributed by atoms with E-state index in [2.05, 4.69) is 15.1 Å². The summed E-state index contributed by atoms with van der Waals surface area (Å²) in [4.78, 5) is 21.1. The lowest BCUT2D eigenvalue weighted by atomic mass is 10.0. The minimum absolute atomic E-state index is 0.110. The van der Waals surface area contributed by atoms with E-state index in [9.17, 15) is 4.79 Å². The first-order valence-corrected chi connectivity index (χ1v) is 8.81. The number of benzene rings is 1. The molecule has 1 saturated carbocycles. The van der Waals surface area contributed by atoms with Crippen LogP contribution < -0.4 is 0 Å². The highest BCUT2D eigenvalue weighted by atomic mass is 35.5. The molecule has 26 heavy (non-hydrogen) atoms. The van der Waals surface area contributed by atoms with E-state index in [0.29, 0.717) is 22.4 Å². The number of esters is 1. The fourth-order valence-electron chi connectivity index (χ4n) is 2.69. The molecule has 4 rings (SSSR count). The highest BCUT2D eigenvalue weighted by molar-refractivity contribution is 6.33. The number of nitrogens with zero attached hydrogens (tertiary/aromatic N) is 3. The predicted octanol–water partition coefficient (Wildman–Crippen LogP) is 4.51. The zero-order valence-electron chi connectivity index (χ0n) is 14.1. The molecule has 1 aliphatic rings. The van der Waals surface area contributed by atoms with E-state index in [-0.39, 0.29) is 12.3 Å². The maximum atomic E-state index is 11.9. The topological polar surface area (TPSA) is 78.1 Å². The summed E-state index contributed by atoms with van der Waals surface area (Å²) >= 11 is 6.35. The van der Waals surface area contributed by atoms with Crippen LogP contribution in [-0.2, 0) is 4.74 Å². The van der Waals surface area contributed by atoms with Gasteiger partial charge in [-0.2, -0.15) is 0 Å². The smallest absolute Gasteiger partial charge is 0.360 e. The van der Waals surface area contributed by atoms with Crippen molar-refractivity contribution in [1.29, 1.82) is 0 Å². The van der Waals surface area contributed by atoms with Gasteiger partial charge in [-0.05, 0) is 25.8 Å². The molecule has 1 aliphatic carbocycles. The molecule has 0 N–H and O–H groups in total. The van der Waals surface area contributed by atoms with Crippen molar-refractivity contribution in [3.8, 4) is 22.6 Å². The second-order valence-electron chi connectivity index (χ2n) is 6.04. The molecule has 3 aromatic rings. The molecular formula is C19H16ClN3O3. The fourth-order valence-corrected chi connectivity index (χ4v) is 2.92. The monoisotopic (exact) mass is 369 g/mol. The summed E-state index contributed by atoms with van der Waals surface area (Å²) in [7, 11) is 0. The van der Waals surface area contributed by atoms with E-state index in [1.807, 2.05) is 18.2 Å². The molecule has 2 aromatic heterocycles. The van der Waals surface area contributed by atoms with E-state index >= 15 is 0 Å². The maximum Gasteiger partial charge on any atom is 0.360 e.